The summed E-state index contributed by atoms with van der Waals surface area (Å²) in [5.74, 6) is 0.120. The van der Waals surface area contributed by atoms with Crippen LogP contribution in [0.15, 0.2) is 24.3 Å². The maximum atomic E-state index is 11.3. The van der Waals surface area contributed by atoms with E-state index >= 15 is 0 Å². The van der Waals surface area contributed by atoms with Crippen molar-refractivity contribution in [3.63, 3.8) is 0 Å². The minimum atomic E-state index is -3.45. The molecule has 0 bridgehead atoms. The van der Waals surface area contributed by atoms with Crippen LogP contribution in [0.5, 0.6) is 11.5 Å². The van der Waals surface area contributed by atoms with Crippen molar-refractivity contribution in [2.75, 3.05) is 18.1 Å². The summed E-state index contributed by atoms with van der Waals surface area (Å²) in [4.78, 5) is 11.0. The van der Waals surface area contributed by atoms with Crippen LogP contribution in [0.2, 0.25) is 0 Å². The zero-order valence-electron chi connectivity index (χ0n) is 10.9. The van der Waals surface area contributed by atoms with E-state index in [1.807, 2.05) is 0 Å². The second kappa shape index (κ2) is 5.01. The molecule has 0 unspecified atom stereocenters. The summed E-state index contributed by atoms with van der Waals surface area (Å²) in [6.45, 7) is 0. The Balaban J connectivity index is 2.75. The normalized spacial score (nSPS) is 11.3. The van der Waals surface area contributed by atoms with Gasteiger partial charge in [0.05, 0.1) is 24.6 Å². The topological polar surface area (TPSA) is 92.7 Å². The number of ether oxygens (including phenoxy) is 1. The standard InChI is InChI=1S/C13H13NO5S/c1-19-13-6-9-8(3-4-12(16)10(9)7-15)5-11(13)14-20(2,17)18/h3-7,14,16H,1-2H3. The van der Waals surface area contributed by atoms with E-state index in [2.05, 4.69) is 4.72 Å². The van der Waals surface area contributed by atoms with Crippen molar-refractivity contribution >= 4 is 32.8 Å². The molecule has 2 rings (SSSR count). The highest BCUT2D eigenvalue weighted by Crippen LogP contribution is 2.34. The van der Waals surface area contributed by atoms with Gasteiger partial charge in [-0.15, -0.1) is 0 Å². The number of sulfonamides is 1. The summed E-state index contributed by atoms with van der Waals surface area (Å²) in [6, 6.07) is 6.02. The van der Waals surface area contributed by atoms with E-state index in [0.29, 0.717) is 17.1 Å². The van der Waals surface area contributed by atoms with E-state index in [-0.39, 0.29) is 22.7 Å². The second-order valence-electron chi connectivity index (χ2n) is 4.26. The molecule has 6 nitrogen and oxygen atoms in total. The lowest BCUT2D eigenvalue weighted by atomic mass is 10.0. The molecule has 0 saturated carbocycles. The quantitative estimate of drug-likeness (QED) is 0.838. The van der Waals surface area contributed by atoms with E-state index in [1.54, 1.807) is 12.1 Å². The van der Waals surface area contributed by atoms with Gasteiger partial charge in [0.1, 0.15) is 11.5 Å². The number of rotatable bonds is 4. The number of phenols is 1. The number of hydrogen-bond donors (Lipinski definition) is 2. The van der Waals surface area contributed by atoms with Crippen molar-refractivity contribution in [1.29, 1.82) is 0 Å². The molecule has 0 heterocycles. The molecule has 7 heteroatoms. The molecule has 0 saturated heterocycles. The fraction of sp³-hybridized carbons (Fsp3) is 0.154. The molecule has 0 atom stereocenters. The van der Waals surface area contributed by atoms with Crippen LogP contribution >= 0.6 is 0 Å². The first-order valence-corrected chi connectivity index (χ1v) is 7.51. The van der Waals surface area contributed by atoms with E-state index in [0.717, 1.165) is 6.26 Å². The van der Waals surface area contributed by atoms with E-state index in [4.69, 9.17) is 4.74 Å². The van der Waals surface area contributed by atoms with Gasteiger partial charge in [0.15, 0.2) is 6.29 Å². The van der Waals surface area contributed by atoms with Crippen LogP contribution in [-0.2, 0) is 10.0 Å². The lowest BCUT2D eigenvalue weighted by molar-refractivity contribution is 0.112. The summed E-state index contributed by atoms with van der Waals surface area (Å²) in [6.07, 6.45) is 1.57. The largest absolute Gasteiger partial charge is 0.507 e. The minimum absolute atomic E-state index is 0.131. The monoisotopic (exact) mass is 295 g/mol. The summed E-state index contributed by atoms with van der Waals surface area (Å²) in [5.41, 5.74) is 0.400. The van der Waals surface area contributed by atoms with Gasteiger partial charge in [0.2, 0.25) is 10.0 Å². The van der Waals surface area contributed by atoms with Crippen LogP contribution in [0.3, 0.4) is 0 Å². The minimum Gasteiger partial charge on any atom is -0.507 e. The Morgan fingerprint density at radius 1 is 1.30 bits per heavy atom. The zero-order chi connectivity index (χ0) is 14.9. The number of carbonyl (C=O) groups excluding carboxylic acids is 1. The molecule has 0 aromatic heterocycles. The molecule has 2 N–H and O–H groups in total. The van der Waals surface area contributed by atoms with Crippen molar-refractivity contribution in [3.05, 3.63) is 29.8 Å². The number of carbonyl (C=O) groups is 1. The van der Waals surface area contributed by atoms with Gasteiger partial charge in [-0.25, -0.2) is 8.42 Å². The van der Waals surface area contributed by atoms with E-state index in [1.165, 1.54) is 19.2 Å². The van der Waals surface area contributed by atoms with Gasteiger partial charge >= 0.3 is 0 Å². The third kappa shape index (κ3) is 2.67. The highest BCUT2D eigenvalue weighted by Gasteiger charge is 2.13. The summed E-state index contributed by atoms with van der Waals surface area (Å²) in [5, 5.41) is 10.7. The molecule has 106 valence electrons. The Hall–Kier alpha value is -2.28. The molecule has 0 fully saturated rings. The number of aldehydes is 1. The molecule has 0 spiro atoms. The first kappa shape index (κ1) is 14.1. The first-order valence-electron chi connectivity index (χ1n) is 5.62. The number of hydrogen-bond acceptors (Lipinski definition) is 5. The van der Waals surface area contributed by atoms with Crippen LogP contribution in [0.4, 0.5) is 5.69 Å². The molecule has 0 aliphatic carbocycles. The fourth-order valence-corrected chi connectivity index (χ4v) is 2.50. The van der Waals surface area contributed by atoms with Crippen LogP contribution in [0.25, 0.3) is 10.8 Å². The average Bonchev–Trinajstić information content (AvgIpc) is 2.36. The number of benzene rings is 2. The SMILES string of the molecule is COc1cc2c(C=O)c(O)ccc2cc1NS(C)(=O)=O. The molecule has 2 aromatic rings. The van der Waals surface area contributed by atoms with Crippen LogP contribution in [0, 0.1) is 0 Å². The highest BCUT2D eigenvalue weighted by atomic mass is 32.2. The predicted molar refractivity (Wildman–Crippen MR) is 76.0 cm³/mol. The zero-order valence-corrected chi connectivity index (χ0v) is 11.7. The van der Waals surface area contributed by atoms with Crippen molar-refractivity contribution in [2.24, 2.45) is 0 Å². The Morgan fingerprint density at radius 3 is 2.55 bits per heavy atom. The molecule has 0 amide bonds. The van der Waals surface area contributed by atoms with Gasteiger partial charge in [0, 0.05) is 0 Å². The van der Waals surface area contributed by atoms with Gasteiger partial charge in [-0.05, 0) is 29.0 Å². The summed E-state index contributed by atoms with van der Waals surface area (Å²) in [7, 11) is -2.06. The van der Waals surface area contributed by atoms with Crippen molar-refractivity contribution in [2.45, 2.75) is 0 Å². The Labute approximate surface area is 116 Å². The molecule has 0 aliphatic heterocycles. The third-order valence-corrected chi connectivity index (χ3v) is 3.36. The van der Waals surface area contributed by atoms with Gasteiger partial charge in [-0.3, -0.25) is 9.52 Å². The maximum Gasteiger partial charge on any atom is 0.229 e. The van der Waals surface area contributed by atoms with Crippen molar-refractivity contribution in [1.82, 2.24) is 0 Å². The fourth-order valence-electron chi connectivity index (χ4n) is 1.94. The van der Waals surface area contributed by atoms with Gasteiger partial charge < -0.3 is 9.84 Å². The Morgan fingerprint density at radius 2 is 2.00 bits per heavy atom. The van der Waals surface area contributed by atoms with E-state index < -0.39 is 10.0 Å². The van der Waals surface area contributed by atoms with Crippen LogP contribution < -0.4 is 9.46 Å². The molecular formula is C13H13NO5S. The molecule has 2 aromatic carbocycles. The van der Waals surface area contributed by atoms with Crippen LogP contribution in [-0.4, -0.2) is 33.2 Å². The number of nitrogens with one attached hydrogen (secondary N) is 1. The smallest absolute Gasteiger partial charge is 0.229 e. The van der Waals surface area contributed by atoms with Gasteiger partial charge in [-0.1, -0.05) is 6.07 Å². The number of aromatic hydroxyl groups is 1. The number of phenolic OH excluding ortho intramolecular Hbond substituents is 1. The lowest BCUT2D eigenvalue weighted by Crippen LogP contribution is -2.10. The van der Waals surface area contributed by atoms with E-state index in [9.17, 15) is 18.3 Å². The Kier molecular flexibility index (Phi) is 3.54. The number of methoxy groups -OCH3 is 1. The number of fused-ring (bicyclic) bond motifs is 1. The van der Waals surface area contributed by atoms with Crippen molar-refractivity contribution < 1.29 is 23.1 Å². The first-order chi connectivity index (χ1) is 9.35. The maximum absolute atomic E-state index is 11.3. The highest BCUT2D eigenvalue weighted by molar-refractivity contribution is 7.92. The van der Waals surface area contributed by atoms with Gasteiger partial charge in [-0.2, -0.15) is 0 Å². The van der Waals surface area contributed by atoms with Crippen molar-refractivity contribution in [3.8, 4) is 11.5 Å². The molecule has 0 radical (unpaired) electrons. The van der Waals surface area contributed by atoms with Gasteiger partial charge in [0.25, 0.3) is 0 Å². The molecule has 0 aliphatic rings. The molecular weight excluding hydrogens is 282 g/mol. The Bertz CT molecular complexity index is 783. The molecule has 20 heavy (non-hydrogen) atoms. The average molecular weight is 295 g/mol. The summed E-state index contributed by atoms with van der Waals surface area (Å²) < 4.78 is 30.1. The summed E-state index contributed by atoms with van der Waals surface area (Å²) >= 11 is 0. The lowest BCUT2D eigenvalue weighted by Gasteiger charge is -2.12. The predicted octanol–water partition coefficient (Wildman–Crippen LogP) is 1.74. The third-order valence-electron chi connectivity index (χ3n) is 2.77. The number of anilines is 1. The second-order valence-corrected chi connectivity index (χ2v) is 6.01. The van der Waals surface area contributed by atoms with Crippen LogP contribution in [0.1, 0.15) is 10.4 Å².